The number of nitrogens with zero attached hydrogens (tertiary/aromatic N) is 1. The maximum absolute atomic E-state index is 12.3. The lowest BCUT2D eigenvalue weighted by atomic mass is 9.86. The summed E-state index contributed by atoms with van der Waals surface area (Å²) in [6, 6.07) is 6.67. The number of para-hydroxylation sites is 1. The van der Waals surface area contributed by atoms with E-state index in [0.717, 1.165) is 5.56 Å². The fourth-order valence-electron chi connectivity index (χ4n) is 1.37. The van der Waals surface area contributed by atoms with Gasteiger partial charge in [-0.1, -0.05) is 50.6 Å². The third-order valence-corrected chi connectivity index (χ3v) is 2.46. The second-order valence-electron chi connectivity index (χ2n) is 4.67. The highest BCUT2D eigenvalue weighted by atomic mass is 35.5. The van der Waals surface area contributed by atoms with E-state index in [4.69, 9.17) is 11.6 Å². The molecule has 94 valence electrons. The van der Waals surface area contributed by atoms with Crippen LogP contribution in [0.3, 0.4) is 0 Å². The van der Waals surface area contributed by atoms with Crippen molar-refractivity contribution in [3.63, 3.8) is 0 Å². The smallest absolute Gasteiger partial charge is 0.232 e. The Bertz CT molecular complexity index is 430. The molecule has 1 nitrogen and oxygen atoms in total. The quantitative estimate of drug-likeness (QED) is 0.645. The monoisotopic (exact) mass is 263 g/mol. The molecule has 0 aromatic heterocycles. The first-order valence-corrected chi connectivity index (χ1v) is 5.41. The van der Waals surface area contributed by atoms with Crippen molar-refractivity contribution in [3.8, 4) is 0 Å². The molecule has 0 fully saturated rings. The van der Waals surface area contributed by atoms with E-state index in [2.05, 4.69) is 4.99 Å². The van der Waals surface area contributed by atoms with E-state index in [1.807, 2.05) is 20.8 Å². The second kappa shape index (κ2) is 4.69. The molecular weight excluding hydrogens is 251 g/mol. The minimum absolute atomic E-state index is 0.252. The first-order chi connectivity index (χ1) is 7.62. The van der Waals surface area contributed by atoms with Crippen LogP contribution >= 0.6 is 11.6 Å². The van der Waals surface area contributed by atoms with Crippen molar-refractivity contribution in [2.45, 2.75) is 32.4 Å². The molecule has 0 saturated carbocycles. The van der Waals surface area contributed by atoms with Gasteiger partial charge in [0, 0.05) is 0 Å². The zero-order chi connectivity index (χ0) is 13.3. The van der Waals surface area contributed by atoms with Crippen LogP contribution in [0.4, 0.5) is 18.9 Å². The second-order valence-corrected chi connectivity index (χ2v) is 5.03. The predicted molar refractivity (Wildman–Crippen MR) is 64.1 cm³/mol. The molecule has 1 rings (SSSR count). The highest BCUT2D eigenvalue weighted by molar-refractivity contribution is 6.67. The van der Waals surface area contributed by atoms with E-state index in [9.17, 15) is 13.2 Å². The third kappa shape index (κ3) is 3.73. The molecular formula is C12H13ClF3N. The Balaban J connectivity index is 3.25. The Morgan fingerprint density at radius 1 is 1.12 bits per heavy atom. The van der Waals surface area contributed by atoms with Crippen LogP contribution in [0, 0.1) is 0 Å². The molecule has 0 aliphatic heterocycles. The Morgan fingerprint density at radius 2 is 1.65 bits per heavy atom. The summed E-state index contributed by atoms with van der Waals surface area (Å²) in [5, 5.41) is -1.35. The summed E-state index contributed by atoms with van der Waals surface area (Å²) in [7, 11) is 0. The average Bonchev–Trinajstić information content (AvgIpc) is 2.15. The lowest BCUT2D eigenvalue weighted by molar-refractivity contribution is -0.0558. The zero-order valence-electron chi connectivity index (χ0n) is 9.77. The van der Waals surface area contributed by atoms with Crippen molar-refractivity contribution in [1.29, 1.82) is 0 Å². The molecule has 1 aromatic carbocycles. The van der Waals surface area contributed by atoms with E-state index in [1.165, 1.54) is 6.07 Å². The Hall–Kier alpha value is -1.03. The topological polar surface area (TPSA) is 12.4 Å². The summed E-state index contributed by atoms with van der Waals surface area (Å²) >= 11 is 5.14. The van der Waals surface area contributed by atoms with E-state index < -0.39 is 11.3 Å². The average molecular weight is 264 g/mol. The molecule has 0 amide bonds. The predicted octanol–water partition coefficient (Wildman–Crippen LogP) is 4.82. The van der Waals surface area contributed by atoms with Crippen LogP contribution in [0.2, 0.25) is 0 Å². The molecule has 0 aliphatic rings. The van der Waals surface area contributed by atoms with Gasteiger partial charge in [0.05, 0.1) is 5.69 Å². The minimum Gasteiger partial charge on any atom is -0.232 e. The van der Waals surface area contributed by atoms with Crippen LogP contribution < -0.4 is 0 Å². The van der Waals surface area contributed by atoms with Gasteiger partial charge in [-0.3, -0.25) is 0 Å². The number of halogens is 4. The number of aliphatic imine (C=N–C) groups is 1. The Labute approximate surface area is 103 Å². The lowest BCUT2D eigenvalue weighted by Gasteiger charge is -2.21. The van der Waals surface area contributed by atoms with Crippen molar-refractivity contribution in [1.82, 2.24) is 0 Å². The molecule has 17 heavy (non-hydrogen) atoms. The summed E-state index contributed by atoms with van der Waals surface area (Å²) in [6.07, 6.45) is -4.60. The number of hydrogen-bond donors (Lipinski definition) is 0. The maximum Gasteiger partial charge on any atom is 0.444 e. The van der Waals surface area contributed by atoms with Gasteiger partial charge in [0.1, 0.15) is 0 Å². The molecule has 0 atom stereocenters. The van der Waals surface area contributed by atoms with Crippen molar-refractivity contribution in [3.05, 3.63) is 29.8 Å². The number of hydrogen-bond acceptors (Lipinski definition) is 1. The van der Waals surface area contributed by atoms with Gasteiger partial charge in [0.2, 0.25) is 5.17 Å². The van der Waals surface area contributed by atoms with Gasteiger partial charge in [0.15, 0.2) is 0 Å². The molecule has 0 heterocycles. The minimum atomic E-state index is -4.60. The van der Waals surface area contributed by atoms with Crippen LogP contribution in [0.5, 0.6) is 0 Å². The molecule has 0 bridgehead atoms. The van der Waals surface area contributed by atoms with Crippen molar-refractivity contribution < 1.29 is 13.2 Å². The van der Waals surface area contributed by atoms with Crippen LogP contribution in [0.15, 0.2) is 29.3 Å². The van der Waals surface area contributed by atoms with E-state index in [-0.39, 0.29) is 11.1 Å². The number of rotatable bonds is 1. The first kappa shape index (κ1) is 14.0. The Morgan fingerprint density at radius 3 is 2.12 bits per heavy atom. The highest BCUT2D eigenvalue weighted by Crippen LogP contribution is 2.33. The molecule has 0 aliphatic carbocycles. The summed E-state index contributed by atoms with van der Waals surface area (Å²) in [5.41, 5.74) is 0.688. The fourth-order valence-corrected chi connectivity index (χ4v) is 1.47. The SMILES string of the molecule is CC(C)(C)c1ccccc1N=C(Cl)C(F)(F)F. The first-order valence-electron chi connectivity index (χ1n) is 5.03. The summed E-state index contributed by atoms with van der Waals surface area (Å²) < 4.78 is 36.9. The molecule has 5 heteroatoms. The van der Waals surface area contributed by atoms with Crippen LogP contribution in [-0.4, -0.2) is 11.3 Å². The third-order valence-electron chi connectivity index (χ3n) is 2.16. The van der Waals surface area contributed by atoms with Crippen LogP contribution in [0.1, 0.15) is 26.3 Å². The van der Waals surface area contributed by atoms with Crippen LogP contribution in [-0.2, 0) is 5.41 Å². The maximum atomic E-state index is 12.3. The van der Waals surface area contributed by atoms with Crippen molar-refractivity contribution in [2.24, 2.45) is 4.99 Å². The van der Waals surface area contributed by atoms with Gasteiger partial charge in [-0.25, -0.2) is 4.99 Å². The normalized spacial score (nSPS) is 13.9. The summed E-state index contributed by atoms with van der Waals surface area (Å²) in [5.74, 6) is 0. The lowest BCUT2D eigenvalue weighted by Crippen LogP contribution is -2.17. The number of benzene rings is 1. The summed E-state index contributed by atoms with van der Waals surface area (Å²) in [6.45, 7) is 5.72. The van der Waals surface area contributed by atoms with Crippen LogP contribution in [0.25, 0.3) is 0 Å². The molecule has 0 unspecified atom stereocenters. The molecule has 0 radical (unpaired) electrons. The molecule has 0 saturated heterocycles. The van der Waals surface area contributed by atoms with Crippen molar-refractivity contribution >= 4 is 22.5 Å². The zero-order valence-corrected chi connectivity index (χ0v) is 10.5. The van der Waals surface area contributed by atoms with Gasteiger partial charge in [0.25, 0.3) is 0 Å². The molecule has 0 N–H and O–H groups in total. The molecule has 1 aromatic rings. The van der Waals surface area contributed by atoms with E-state index >= 15 is 0 Å². The van der Waals surface area contributed by atoms with Gasteiger partial charge >= 0.3 is 6.18 Å². The fraction of sp³-hybridized carbons (Fsp3) is 0.417. The highest BCUT2D eigenvalue weighted by Gasteiger charge is 2.34. The van der Waals surface area contributed by atoms with Gasteiger partial charge < -0.3 is 0 Å². The number of alkyl halides is 3. The largest absolute Gasteiger partial charge is 0.444 e. The standard InChI is InChI=1S/C12H13ClF3N/c1-11(2,3)8-6-4-5-7-9(8)17-10(13)12(14,15)16/h4-7H,1-3H3. The van der Waals surface area contributed by atoms with E-state index in [0.29, 0.717) is 0 Å². The van der Waals surface area contributed by atoms with Crippen molar-refractivity contribution in [2.75, 3.05) is 0 Å². The van der Waals surface area contributed by atoms with Gasteiger partial charge in [-0.05, 0) is 17.0 Å². The Kier molecular flexibility index (Phi) is 3.87. The molecule has 0 spiro atoms. The van der Waals surface area contributed by atoms with Gasteiger partial charge in [-0.2, -0.15) is 13.2 Å². The van der Waals surface area contributed by atoms with E-state index in [1.54, 1.807) is 18.2 Å². The summed E-state index contributed by atoms with van der Waals surface area (Å²) in [4.78, 5) is 3.45. The van der Waals surface area contributed by atoms with Gasteiger partial charge in [-0.15, -0.1) is 0 Å².